The lowest BCUT2D eigenvalue weighted by molar-refractivity contribution is 0.149. The second-order valence-electron chi connectivity index (χ2n) is 9.18. The molecule has 2 N–H and O–H groups in total. The second-order valence-corrected chi connectivity index (χ2v) is 9.59. The molecule has 4 rings (SSSR count). The summed E-state index contributed by atoms with van der Waals surface area (Å²) in [5.41, 5.74) is 5.85. The number of hydrogen-bond acceptors (Lipinski definition) is 5. The zero-order chi connectivity index (χ0) is 25.7. The molecule has 1 aliphatic heterocycles. The lowest BCUT2D eigenvalue weighted by Crippen LogP contribution is -2.48. The first kappa shape index (κ1) is 25.8. The molecule has 6 nitrogen and oxygen atoms in total. The molecule has 3 aromatic rings. The van der Waals surface area contributed by atoms with E-state index in [2.05, 4.69) is 65.8 Å². The third kappa shape index (κ3) is 5.91. The summed E-state index contributed by atoms with van der Waals surface area (Å²) in [6.45, 7) is 5.95. The van der Waals surface area contributed by atoms with Crippen molar-refractivity contribution >= 4 is 23.0 Å². The number of benzene rings is 3. The Bertz CT molecular complexity index is 1220. The summed E-state index contributed by atoms with van der Waals surface area (Å²) in [4.78, 5) is 2.50. The number of hydrogen-bond donors (Lipinski definition) is 2. The number of aryl methyl sites for hydroxylation is 1. The number of rotatable bonds is 8. The lowest BCUT2D eigenvalue weighted by atomic mass is 9.87. The zero-order valence-corrected chi connectivity index (χ0v) is 22.4. The number of methoxy groups -OCH3 is 3. The van der Waals surface area contributed by atoms with Crippen LogP contribution in [0.2, 0.25) is 0 Å². The second kappa shape index (κ2) is 11.6. The lowest BCUT2D eigenvalue weighted by Gasteiger charge is -2.41. The van der Waals surface area contributed by atoms with E-state index in [4.69, 9.17) is 26.4 Å². The van der Waals surface area contributed by atoms with Crippen LogP contribution in [0.3, 0.4) is 0 Å². The largest absolute Gasteiger partial charge is 0.497 e. The van der Waals surface area contributed by atoms with E-state index in [1.165, 1.54) is 22.3 Å². The van der Waals surface area contributed by atoms with Gasteiger partial charge in [0.25, 0.3) is 0 Å². The molecule has 36 heavy (non-hydrogen) atoms. The predicted octanol–water partition coefficient (Wildman–Crippen LogP) is 5.50. The van der Waals surface area contributed by atoms with Crippen LogP contribution in [-0.2, 0) is 13.0 Å². The molecule has 0 spiro atoms. The Hall–Kier alpha value is -3.29. The molecular weight excluding hydrogens is 470 g/mol. The molecule has 0 saturated heterocycles. The zero-order valence-electron chi connectivity index (χ0n) is 21.6. The van der Waals surface area contributed by atoms with Gasteiger partial charge in [-0.25, -0.2) is 0 Å². The van der Waals surface area contributed by atoms with E-state index >= 15 is 0 Å². The topological polar surface area (TPSA) is 55.0 Å². The highest BCUT2D eigenvalue weighted by molar-refractivity contribution is 7.80. The minimum Gasteiger partial charge on any atom is -0.497 e. The maximum atomic E-state index is 5.71. The molecule has 2 atom stereocenters. The van der Waals surface area contributed by atoms with Crippen molar-refractivity contribution < 1.29 is 14.2 Å². The van der Waals surface area contributed by atoms with Crippen LogP contribution in [0.5, 0.6) is 17.2 Å². The number of nitrogens with zero attached hydrogens (tertiary/aromatic N) is 1. The van der Waals surface area contributed by atoms with Gasteiger partial charge in [-0.3, -0.25) is 4.90 Å². The van der Waals surface area contributed by atoms with Crippen LogP contribution < -0.4 is 24.8 Å². The summed E-state index contributed by atoms with van der Waals surface area (Å²) in [6.07, 6.45) is 0.925. The molecule has 7 heteroatoms. The average molecular weight is 506 g/mol. The monoisotopic (exact) mass is 505 g/mol. The summed E-state index contributed by atoms with van der Waals surface area (Å²) in [6, 6.07) is 20.8. The molecule has 0 amide bonds. The molecule has 190 valence electrons. The Morgan fingerprint density at radius 1 is 1.00 bits per heavy atom. The fourth-order valence-electron chi connectivity index (χ4n) is 4.97. The van der Waals surface area contributed by atoms with Crippen molar-refractivity contribution in [2.24, 2.45) is 0 Å². The Morgan fingerprint density at radius 3 is 2.47 bits per heavy atom. The van der Waals surface area contributed by atoms with Crippen molar-refractivity contribution in [3.05, 3.63) is 82.9 Å². The molecule has 0 saturated carbocycles. The molecule has 0 aromatic heterocycles. The normalized spacial score (nSPS) is 16.0. The number of anilines is 1. The third-order valence-corrected chi connectivity index (χ3v) is 6.87. The molecule has 0 fully saturated rings. The Kier molecular flexibility index (Phi) is 8.33. The third-order valence-electron chi connectivity index (χ3n) is 6.65. The van der Waals surface area contributed by atoms with Crippen LogP contribution >= 0.6 is 12.2 Å². The van der Waals surface area contributed by atoms with Crippen LogP contribution in [0.4, 0.5) is 5.69 Å². The van der Waals surface area contributed by atoms with Gasteiger partial charge in [0.1, 0.15) is 5.75 Å². The number of ether oxygens (including phenoxy) is 3. The van der Waals surface area contributed by atoms with Gasteiger partial charge in [0.15, 0.2) is 16.6 Å². The molecule has 0 bridgehead atoms. The van der Waals surface area contributed by atoms with Gasteiger partial charge in [0.2, 0.25) is 0 Å². The number of fused-ring (bicyclic) bond motifs is 1. The number of nitrogens with one attached hydrogen (secondary N) is 2. The Labute approximate surface area is 219 Å². The van der Waals surface area contributed by atoms with Crippen molar-refractivity contribution in [2.75, 3.05) is 33.2 Å². The fraction of sp³-hybridized carbons (Fsp3) is 0.345. The van der Waals surface area contributed by atoms with Crippen LogP contribution in [0, 0.1) is 6.92 Å². The highest BCUT2D eigenvalue weighted by Crippen LogP contribution is 2.40. The van der Waals surface area contributed by atoms with Crippen molar-refractivity contribution in [3.8, 4) is 17.2 Å². The van der Waals surface area contributed by atoms with Crippen LogP contribution in [0.25, 0.3) is 0 Å². The Balaban J connectivity index is 1.63. The van der Waals surface area contributed by atoms with Gasteiger partial charge in [0.05, 0.1) is 27.4 Å². The van der Waals surface area contributed by atoms with E-state index in [1.807, 2.05) is 24.3 Å². The molecule has 3 aromatic carbocycles. The van der Waals surface area contributed by atoms with E-state index in [0.717, 1.165) is 42.4 Å². The molecule has 2 unspecified atom stereocenters. The molecule has 1 heterocycles. The van der Waals surface area contributed by atoms with Crippen molar-refractivity contribution in [2.45, 2.75) is 38.9 Å². The molecule has 0 radical (unpaired) electrons. The Morgan fingerprint density at radius 2 is 1.75 bits per heavy atom. The van der Waals surface area contributed by atoms with Gasteiger partial charge >= 0.3 is 0 Å². The summed E-state index contributed by atoms with van der Waals surface area (Å²) in [5, 5.41) is 7.48. The quantitative estimate of drug-likeness (QED) is 0.392. The van der Waals surface area contributed by atoms with Crippen molar-refractivity contribution in [3.63, 3.8) is 0 Å². The van der Waals surface area contributed by atoms with Crippen molar-refractivity contribution in [1.29, 1.82) is 0 Å². The van der Waals surface area contributed by atoms with Gasteiger partial charge < -0.3 is 24.8 Å². The van der Waals surface area contributed by atoms with E-state index in [0.29, 0.717) is 5.11 Å². The smallest absolute Gasteiger partial charge is 0.171 e. The number of thiocarbonyl (C=S) groups is 1. The maximum Gasteiger partial charge on any atom is 0.171 e. The van der Waals surface area contributed by atoms with E-state index < -0.39 is 0 Å². The minimum absolute atomic E-state index is 0.0255. The summed E-state index contributed by atoms with van der Waals surface area (Å²) in [5.74, 6) is 2.35. The minimum atomic E-state index is 0.0255. The summed E-state index contributed by atoms with van der Waals surface area (Å²) >= 11 is 5.71. The van der Waals surface area contributed by atoms with Crippen LogP contribution in [-0.4, -0.2) is 43.9 Å². The van der Waals surface area contributed by atoms with Crippen molar-refractivity contribution in [1.82, 2.24) is 10.2 Å². The highest BCUT2D eigenvalue weighted by atomic mass is 32.1. The summed E-state index contributed by atoms with van der Waals surface area (Å²) < 4.78 is 16.7. The van der Waals surface area contributed by atoms with Gasteiger partial charge in [-0.1, -0.05) is 24.3 Å². The van der Waals surface area contributed by atoms with Gasteiger partial charge in [-0.2, -0.15) is 0 Å². The van der Waals surface area contributed by atoms with E-state index in [1.54, 1.807) is 21.3 Å². The first-order valence-corrected chi connectivity index (χ1v) is 12.6. The molecule has 1 aliphatic rings. The molecule has 0 aliphatic carbocycles. The van der Waals surface area contributed by atoms with Crippen LogP contribution in [0.1, 0.15) is 35.2 Å². The van der Waals surface area contributed by atoms with Gasteiger partial charge in [-0.15, -0.1) is 0 Å². The van der Waals surface area contributed by atoms with E-state index in [-0.39, 0.29) is 12.1 Å². The SMILES string of the molecule is COc1cccc(CN2CCc3cc(OC)c(OC)cc3C2C(C)NC(=S)Nc2cccc(C)c2)c1. The van der Waals surface area contributed by atoms with Crippen LogP contribution in [0.15, 0.2) is 60.7 Å². The predicted molar refractivity (Wildman–Crippen MR) is 149 cm³/mol. The van der Waals surface area contributed by atoms with Gasteiger partial charge in [0, 0.05) is 24.8 Å². The fourth-order valence-corrected chi connectivity index (χ4v) is 5.28. The first-order valence-electron chi connectivity index (χ1n) is 12.2. The summed E-state index contributed by atoms with van der Waals surface area (Å²) in [7, 11) is 5.06. The first-order chi connectivity index (χ1) is 17.4. The van der Waals surface area contributed by atoms with E-state index in [9.17, 15) is 0 Å². The molecular formula is C29H35N3O3S. The average Bonchev–Trinajstić information content (AvgIpc) is 2.87. The van der Waals surface area contributed by atoms with Gasteiger partial charge in [-0.05, 0) is 91.1 Å². The standard InChI is InChI=1S/C29H35N3O3S/c1-19-8-6-10-23(14-19)31-29(36)30-20(2)28-25-17-27(35-5)26(34-4)16-22(25)12-13-32(28)18-21-9-7-11-24(15-21)33-3/h6-11,14-17,20,28H,12-13,18H2,1-5H3,(H2,30,31,36). The highest BCUT2D eigenvalue weighted by Gasteiger charge is 2.33. The maximum absolute atomic E-state index is 5.71.